The lowest BCUT2D eigenvalue weighted by Gasteiger charge is -2.17. The standard InChI is InChI=1S/C20H15ClN2O3S/c21-14-2-4-17-13(8-14)7-12(10-26-17)1-6-19(24)22-15-3-5-18-16(9-15)23-20(25)11-27-18/h1-9H,10-11H2,(H,22,24)(H,23,25)/b6-1+. The molecule has 0 saturated heterocycles. The predicted molar refractivity (Wildman–Crippen MR) is 108 cm³/mol. The van der Waals surface area contributed by atoms with Crippen LogP contribution in [-0.2, 0) is 9.59 Å². The lowest BCUT2D eigenvalue weighted by molar-refractivity contribution is -0.114. The van der Waals surface area contributed by atoms with Gasteiger partial charge < -0.3 is 15.4 Å². The first-order valence-electron chi connectivity index (χ1n) is 8.25. The van der Waals surface area contributed by atoms with Gasteiger partial charge in [0.25, 0.3) is 0 Å². The second kappa shape index (κ2) is 7.50. The van der Waals surface area contributed by atoms with Crippen molar-refractivity contribution in [3.05, 3.63) is 64.7 Å². The van der Waals surface area contributed by atoms with Crippen molar-refractivity contribution in [1.29, 1.82) is 0 Å². The summed E-state index contributed by atoms with van der Waals surface area (Å²) >= 11 is 7.49. The summed E-state index contributed by atoms with van der Waals surface area (Å²) in [5.74, 6) is 0.880. The molecule has 4 rings (SSSR count). The third-order valence-electron chi connectivity index (χ3n) is 4.04. The van der Waals surface area contributed by atoms with Crippen LogP contribution in [0.15, 0.2) is 59.0 Å². The molecule has 0 bridgehead atoms. The molecular weight excluding hydrogens is 384 g/mol. The summed E-state index contributed by atoms with van der Waals surface area (Å²) in [5, 5.41) is 6.24. The number of hydrogen-bond acceptors (Lipinski definition) is 4. The Morgan fingerprint density at radius 3 is 3.04 bits per heavy atom. The molecule has 0 radical (unpaired) electrons. The van der Waals surface area contributed by atoms with Gasteiger partial charge in [-0.15, -0.1) is 11.8 Å². The molecule has 0 spiro atoms. The smallest absolute Gasteiger partial charge is 0.248 e. The van der Waals surface area contributed by atoms with Crippen LogP contribution in [0.4, 0.5) is 11.4 Å². The molecule has 2 N–H and O–H groups in total. The summed E-state index contributed by atoms with van der Waals surface area (Å²) in [7, 11) is 0. The fourth-order valence-corrected chi connectivity index (χ4v) is 3.76. The number of amides is 2. The van der Waals surface area contributed by atoms with E-state index in [0.717, 1.165) is 27.5 Å². The molecule has 2 aliphatic rings. The number of benzene rings is 2. The minimum Gasteiger partial charge on any atom is -0.488 e. The Morgan fingerprint density at radius 2 is 2.15 bits per heavy atom. The summed E-state index contributed by atoms with van der Waals surface area (Å²) in [5.41, 5.74) is 3.10. The van der Waals surface area contributed by atoms with Crippen molar-refractivity contribution in [2.45, 2.75) is 4.90 Å². The van der Waals surface area contributed by atoms with Crippen LogP contribution in [0.25, 0.3) is 6.08 Å². The van der Waals surface area contributed by atoms with Gasteiger partial charge >= 0.3 is 0 Å². The van der Waals surface area contributed by atoms with E-state index >= 15 is 0 Å². The highest BCUT2D eigenvalue weighted by Gasteiger charge is 2.16. The van der Waals surface area contributed by atoms with Crippen LogP contribution in [0.3, 0.4) is 0 Å². The van der Waals surface area contributed by atoms with E-state index in [-0.39, 0.29) is 11.8 Å². The van der Waals surface area contributed by atoms with E-state index in [4.69, 9.17) is 16.3 Å². The molecule has 2 heterocycles. The number of anilines is 2. The molecule has 2 aliphatic heterocycles. The number of rotatable bonds is 3. The van der Waals surface area contributed by atoms with Gasteiger partial charge in [-0.2, -0.15) is 0 Å². The lowest BCUT2D eigenvalue weighted by atomic mass is 10.1. The SMILES string of the molecule is O=C(/C=C/C1=Cc2cc(Cl)ccc2OC1)Nc1ccc2c(c1)NC(=O)CS2. The van der Waals surface area contributed by atoms with Gasteiger partial charge in [-0.25, -0.2) is 0 Å². The maximum absolute atomic E-state index is 12.2. The Morgan fingerprint density at radius 1 is 1.26 bits per heavy atom. The minimum absolute atomic E-state index is 0.0412. The summed E-state index contributed by atoms with van der Waals surface area (Å²) < 4.78 is 5.66. The summed E-state index contributed by atoms with van der Waals surface area (Å²) in [4.78, 5) is 24.7. The highest BCUT2D eigenvalue weighted by atomic mass is 35.5. The van der Waals surface area contributed by atoms with Crippen molar-refractivity contribution in [2.24, 2.45) is 0 Å². The largest absolute Gasteiger partial charge is 0.488 e. The molecule has 0 fully saturated rings. The fourth-order valence-electron chi connectivity index (χ4n) is 2.79. The van der Waals surface area contributed by atoms with E-state index in [1.54, 1.807) is 18.2 Å². The van der Waals surface area contributed by atoms with Crippen LogP contribution in [0.2, 0.25) is 5.02 Å². The molecule has 5 nitrogen and oxygen atoms in total. The second-order valence-corrected chi connectivity index (χ2v) is 7.51. The molecule has 0 aliphatic carbocycles. The number of halogens is 1. The molecule has 136 valence electrons. The Hall–Kier alpha value is -2.70. The van der Waals surface area contributed by atoms with E-state index in [9.17, 15) is 9.59 Å². The summed E-state index contributed by atoms with van der Waals surface area (Å²) in [6.07, 6.45) is 5.12. The quantitative estimate of drug-likeness (QED) is 0.754. The first kappa shape index (κ1) is 17.7. The van der Waals surface area contributed by atoms with Crippen molar-refractivity contribution in [2.75, 3.05) is 23.0 Å². The van der Waals surface area contributed by atoms with Gasteiger partial charge in [0.05, 0.1) is 11.4 Å². The number of fused-ring (bicyclic) bond motifs is 2. The molecule has 0 atom stereocenters. The third kappa shape index (κ3) is 4.18. The Kier molecular flexibility index (Phi) is 4.92. The van der Waals surface area contributed by atoms with Crippen LogP contribution in [0.1, 0.15) is 5.56 Å². The predicted octanol–water partition coefficient (Wildman–Crippen LogP) is 4.35. The van der Waals surface area contributed by atoms with E-state index in [0.29, 0.717) is 23.1 Å². The molecule has 2 aromatic carbocycles. The lowest BCUT2D eigenvalue weighted by Crippen LogP contribution is -2.19. The van der Waals surface area contributed by atoms with E-state index < -0.39 is 0 Å². The normalized spacial score (nSPS) is 15.3. The van der Waals surface area contributed by atoms with Crippen molar-refractivity contribution < 1.29 is 14.3 Å². The molecule has 2 aromatic rings. The Labute approximate surface area is 165 Å². The zero-order valence-corrected chi connectivity index (χ0v) is 15.7. The van der Waals surface area contributed by atoms with Crippen molar-refractivity contribution in [3.8, 4) is 5.75 Å². The molecular formula is C20H15ClN2O3S. The van der Waals surface area contributed by atoms with Gasteiger partial charge in [0.15, 0.2) is 0 Å². The number of carbonyl (C=O) groups excluding carboxylic acids is 2. The number of thioether (sulfide) groups is 1. The maximum Gasteiger partial charge on any atom is 0.248 e. The van der Waals surface area contributed by atoms with Crippen LogP contribution in [0, 0.1) is 0 Å². The highest BCUT2D eigenvalue weighted by molar-refractivity contribution is 8.00. The summed E-state index contributed by atoms with van der Waals surface area (Å²) in [6.45, 7) is 0.389. The first-order valence-corrected chi connectivity index (χ1v) is 9.62. The summed E-state index contributed by atoms with van der Waals surface area (Å²) in [6, 6.07) is 10.9. The number of ether oxygens (including phenoxy) is 1. The number of nitrogens with one attached hydrogen (secondary N) is 2. The fraction of sp³-hybridized carbons (Fsp3) is 0.100. The van der Waals surface area contributed by atoms with Crippen molar-refractivity contribution >= 4 is 52.6 Å². The van der Waals surface area contributed by atoms with Gasteiger partial charge in [-0.1, -0.05) is 17.7 Å². The monoisotopic (exact) mass is 398 g/mol. The first-order chi connectivity index (χ1) is 13.1. The van der Waals surface area contributed by atoms with Gasteiger partial charge in [-0.05, 0) is 48.0 Å². The van der Waals surface area contributed by atoms with Gasteiger partial charge in [0, 0.05) is 27.2 Å². The molecule has 0 saturated carbocycles. The molecule has 27 heavy (non-hydrogen) atoms. The van der Waals surface area contributed by atoms with Crippen LogP contribution < -0.4 is 15.4 Å². The van der Waals surface area contributed by atoms with Crippen molar-refractivity contribution in [1.82, 2.24) is 0 Å². The second-order valence-electron chi connectivity index (χ2n) is 6.06. The topological polar surface area (TPSA) is 67.4 Å². The van der Waals surface area contributed by atoms with Gasteiger partial charge in [-0.3, -0.25) is 9.59 Å². The average Bonchev–Trinajstić information content (AvgIpc) is 2.65. The van der Waals surface area contributed by atoms with Gasteiger partial charge in [0.1, 0.15) is 12.4 Å². The molecule has 0 aromatic heterocycles. The van der Waals surface area contributed by atoms with E-state index in [1.807, 2.05) is 30.3 Å². The van der Waals surface area contributed by atoms with E-state index in [2.05, 4.69) is 10.6 Å². The van der Waals surface area contributed by atoms with E-state index in [1.165, 1.54) is 17.8 Å². The zero-order chi connectivity index (χ0) is 18.8. The number of hydrogen-bond donors (Lipinski definition) is 2. The van der Waals surface area contributed by atoms with Crippen LogP contribution in [-0.4, -0.2) is 24.2 Å². The van der Waals surface area contributed by atoms with Crippen LogP contribution >= 0.6 is 23.4 Å². The average molecular weight is 399 g/mol. The highest BCUT2D eigenvalue weighted by Crippen LogP contribution is 2.33. The van der Waals surface area contributed by atoms with Crippen molar-refractivity contribution in [3.63, 3.8) is 0 Å². The Bertz CT molecular complexity index is 1000. The minimum atomic E-state index is -0.262. The number of carbonyl (C=O) groups is 2. The third-order valence-corrected chi connectivity index (χ3v) is 5.34. The Balaban J connectivity index is 1.44. The molecule has 7 heteroatoms. The van der Waals surface area contributed by atoms with Crippen LogP contribution in [0.5, 0.6) is 5.75 Å². The molecule has 0 unspecified atom stereocenters. The zero-order valence-electron chi connectivity index (χ0n) is 14.1. The molecule has 2 amide bonds. The maximum atomic E-state index is 12.2. The van der Waals surface area contributed by atoms with Gasteiger partial charge in [0.2, 0.25) is 11.8 Å².